The second kappa shape index (κ2) is 7.36. The summed E-state index contributed by atoms with van der Waals surface area (Å²) in [5.74, 6) is -0.368. The summed E-state index contributed by atoms with van der Waals surface area (Å²) < 4.78 is 5.00. The topological polar surface area (TPSA) is 64.7 Å². The van der Waals surface area contributed by atoms with E-state index >= 15 is 0 Å². The van der Waals surface area contributed by atoms with Gasteiger partial charge in [0.15, 0.2) is 0 Å². The third-order valence-corrected chi connectivity index (χ3v) is 2.49. The van der Waals surface area contributed by atoms with Crippen molar-refractivity contribution in [2.45, 2.75) is 20.8 Å². The lowest BCUT2D eigenvalue weighted by Crippen LogP contribution is -2.21. The SMILES string of the molecule is CCOC(=O)C(=CN)C(=Nc1ccccc1)C(C)C. The van der Waals surface area contributed by atoms with Crippen molar-refractivity contribution in [1.29, 1.82) is 0 Å². The summed E-state index contributed by atoms with van der Waals surface area (Å²) in [6.07, 6.45) is 1.26. The highest BCUT2D eigenvalue weighted by molar-refractivity contribution is 6.21. The van der Waals surface area contributed by atoms with Crippen LogP contribution in [0.15, 0.2) is 47.1 Å². The summed E-state index contributed by atoms with van der Waals surface area (Å²) in [5.41, 5.74) is 7.29. The van der Waals surface area contributed by atoms with Crippen molar-refractivity contribution < 1.29 is 9.53 Å². The second-order valence-electron chi connectivity index (χ2n) is 4.29. The van der Waals surface area contributed by atoms with Crippen molar-refractivity contribution in [2.24, 2.45) is 16.6 Å². The minimum atomic E-state index is -0.437. The molecule has 0 amide bonds. The molecular weight excluding hydrogens is 240 g/mol. The van der Waals surface area contributed by atoms with Gasteiger partial charge >= 0.3 is 5.97 Å². The number of carbonyl (C=O) groups is 1. The molecule has 19 heavy (non-hydrogen) atoms. The quantitative estimate of drug-likeness (QED) is 0.503. The fourth-order valence-electron chi connectivity index (χ4n) is 1.61. The Balaban J connectivity index is 3.13. The highest BCUT2D eigenvalue weighted by Gasteiger charge is 2.19. The molecule has 1 rings (SSSR count). The minimum Gasteiger partial charge on any atom is -0.462 e. The van der Waals surface area contributed by atoms with Crippen LogP contribution in [0.2, 0.25) is 0 Å². The van der Waals surface area contributed by atoms with Crippen molar-refractivity contribution in [3.63, 3.8) is 0 Å². The molecule has 0 aliphatic heterocycles. The molecule has 0 heterocycles. The van der Waals surface area contributed by atoms with Crippen molar-refractivity contribution >= 4 is 17.4 Å². The number of aliphatic imine (C=N–C) groups is 1. The average Bonchev–Trinajstić information content (AvgIpc) is 2.40. The lowest BCUT2D eigenvalue weighted by Gasteiger charge is -2.13. The van der Waals surface area contributed by atoms with Crippen LogP contribution >= 0.6 is 0 Å². The molecule has 0 aliphatic carbocycles. The van der Waals surface area contributed by atoms with E-state index in [0.29, 0.717) is 17.9 Å². The molecule has 1 aromatic rings. The Morgan fingerprint density at radius 2 is 2.00 bits per heavy atom. The Morgan fingerprint density at radius 3 is 2.47 bits per heavy atom. The van der Waals surface area contributed by atoms with E-state index in [1.807, 2.05) is 44.2 Å². The van der Waals surface area contributed by atoms with Gasteiger partial charge in [-0.15, -0.1) is 0 Å². The van der Waals surface area contributed by atoms with Crippen LogP contribution in [0.5, 0.6) is 0 Å². The fourth-order valence-corrected chi connectivity index (χ4v) is 1.61. The predicted molar refractivity (Wildman–Crippen MR) is 77.3 cm³/mol. The van der Waals surface area contributed by atoms with E-state index in [-0.39, 0.29) is 5.92 Å². The Morgan fingerprint density at radius 1 is 1.37 bits per heavy atom. The smallest absolute Gasteiger partial charge is 0.341 e. The molecule has 0 unspecified atom stereocenters. The van der Waals surface area contributed by atoms with Crippen LogP contribution in [0.4, 0.5) is 5.69 Å². The number of rotatable bonds is 5. The van der Waals surface area contributed by atoms with Gasteiger partial charge in [-0.3, -0.25) is 4.99 Å². The van der Waals surface area contributed by atoms with Crippen molar-refractivity contribution in [3.8, 4) is 0 Å². The van der Waals surface area contributed by atoms with Crippen LogP contribution < -0.4 is 5.73 Å². The van der Waals surface area contributed by atoms with Gasteiger partial charge in [-0.2, -0.15) is 0 Å². The minimum absolute atomic E-state index is 0.0689. The largest absolute Gasteiger partial charge is 0.462 e. The maximum absolute atomic E-state index is 11.9. The number of ether oxygens (including phenoxy) is 1. The molecule has 0 fully saturated rings. The van der Waals surface area contributed by atoms with Crippen LogP contribution in [-0.4, -0.2) is 18.3 Å². The van der Waals surface area contributed by atoms with Crippen LogP contribution in [0, 0.1) is 5.92 Å². The molecule has 2 N–H and O–H groups in total. The Labute approximate surface area is 114 Å². The van der Waals surface area contributed by atoms with Gasteiger partial charge in [0, 0.05) is 6.20 Å². The third kappa shape index (κ3) is 4.25. The fraction of sp³-hybridized carbons (Fsp3) is 0.333. The van der Waals surface area contributed by atoms with E-state index in [1.54, 1.807) is 6.92 Å². The number of hydrogen-bond donors (Lipinski definition) is 1. The van der Waals surface area contributed by atoms with E-state index < -0.39 is 5.97 Å². The molecule has 0 bridgehead atoms. The maximum atomic E-state index is 11.9. The van der Waals surface area contributed by atoms with Gasteiger partial charge < -0.3 is 10.5 Å². The predicted octanol–water partition coefficient (Wildman–Crippen LogP) is 2.82. The van der Waals surface area contributed by atoms with E-state index in [1.165, 1.54) is 6.20 Å². The Kier molecular flexibility index (Phi) is 5.79. The summed E-state index contributed by atoms with van der Waals surface area (Å²) in [5, 5.41) is 0. The molecule has 0 atom stereocenters. The Hall–Kier alpha value is -2.10. The van der Waals surface area contributed by atoms with E-state index in [9.17, 15) is 4.79 Å². The second-order valence-corrected chi connectivity index (χ2v) is 4.29. The van der Waals surface area contributed by atoms with Crippen molar-refractivity contribution in [1.82, 2.24) is 0 Å². The number of benzene rings is 1. The van der Waals surface area contributed by atoms with Gasteiger partial charge in [-0.05, 0) is 25.0 Å². The van der Waals surface area contributed by atoms with E-state index in [0.717, 1.165) is 5.69 Å². The molecule has 0 radical (unpaired) electrons. The first-order valence-corrected chi connectivity index (χ1v) is 6.33. The van der Waals surface area contributed by atoms with E-state index in [4.69, 9.17) is 10.5 Å². The number of carbonyl (C=O) groups excluding carboxylic acids is 1. The van der Waals surface area contributed by atoms with Crippen molar-refractivity contribution in [3.05, 3.63) is 42.1 Å². The van der Waals surface area contributed by atoms with Crippen molar-refractivity contribution in [2.75, 3.05) is 6.61 Å². The third-order valence-electron chi connectivity index (χ3n) is 2.49. The molecule has 4 heteroatoms. The zero-order valence-corrected chi connectivity index (χ0v) is 11.6. The summed E-state index contributed by atoms with van der Waals surface area (Å²) in [7, 11) is 0. The Bertz CT molecular complexity index is 476. The average molecular weight is 260 g/mol. The first kappa shape index (κ1) is 15.0. The summed E-state index contributed by atoms with van der Waals surface area (Å²) in [6.45, 7) is 6.00. The van der Waals surface area contributed by atoms with Crippen LogP contribution in [0.25, 0.3) is 0 Å². The number of nitrogens with zero attached hydrogens (tertiary/aromatic N) is 1. The normalized spacial score (nSPS) is 12.6. The van der Waals surface area contributed by atoms with Gasteiger partial charge in [-0.1, -0.05) is 32.0 Å². The molecule has 0 aliphatic rings. The molecule has 0 aromatic heterocycles. The molecule has 1 aromatic carbocycles. The zero-order valence-electron chi connectivity index (χ0n) is 11.6. The van der Waals surface area contributed by atoms with Crippen LogP contribution in [-0.2, 0) is 9.53 Å². The number of nitrogens with two attached hydrogens (primary N) is 1. The van der Waals surface area contributed by atoms with Gasteiger partial charge in [0.05, 0.1) is 23.6 Å². The molecular formula is C15H20N2O2. The molecule has 4 nitrogen and oxygen atoms in total. The van der Waals surface area contributed by atoms with Crippen LogP contribution in [0.3, 0.4) is 0 Å². The lowest BCUT2D eigenvalue weighted by atomic mass is 10.0. The summed E-state index contributed by atoms with van der Waals surface area (Å²) >= 11 is 0. The molecule has 0 saturated carbocycles. The summed E-state index contributed by atoms with van der Waals surface area (Å²) in [4.78, 5) is 16.4. The van der Waals surface area contributed by atoms with Gasteiger partial charge in [0.2, 0.25) is 0 Å². The monoisotopic (exact) mass is 260 g/mol. The van der Waals surface area contributed by atoms with Gasteiger partial charge in [-0.25, -0.2) is 4.79 Å². The molecule has 0 saturated heterocycles. The number of hydrogen-bond acceptors (Lipinski definition) is 4. The highest BCUT2D eigenvalue weighted by Crippen LogP contribution is 2.17. The lowest BCUT2D eigenvalue weighted by molar-refractivity contribution is -0.137. The maximum Gasteiger partial charge on any atom is 0.341 e. The summed E-state index contributed by atoms with van der Waals surface area (Å²) in [6, 6.07) is 9.46. The molecule has 102 valence electrons. The van der Waals surface area contributed by atoms with Gasteiger partial charge in [0.25, 0.3) is 0 Å². The van der Waals surface area contributed by atoms with Crippen LogP contribution in [0.1, 0.15) is 20.8 Å². The zero-order chi connectivity index (χ0) is 14.3. The molecule has 0 spiro atoms. The number of esters is 1. The number of para-hydroxylation sites is 1. The first-order valence-electron chi connectivity index (χ1n) is 6.33. The standard InChI is InChI=1S/C15H20N2O2/c1-4-19-15(18)13(10-16)14(11(2)3)17-12-8-6-5-7-9-12/h5-11H,4,16H2,1-3H3. The van der Waals surface area contributed by atoms with Gasteiger partial charge in [0.1, 0.15) is 0 Å². The first-order chi connectivity index (χ1) is 9.10. The highest BCUT2D eigenvalue weighted by atomic mass is 16.5. The van der Waals surface area contributed by atoms with E-state index in [2.05, 4.69) is 4.99 Å².